The first kappa shape index (κ1) is 14.8. The second-order valence-corrected chi connectivity index (χ2v) is 5.73. The fourth-order valence-corrected chi connectivity index (χ4v) is 2.83. The highest BCUT2D eigenvalue weighted by Crippen LogP contribution is 2.26. The van der Waals surface area contributed by atoms with Crippen LogP contribution in [0.3, 0.4) is 0 Å². The summed E-state index contributed by atoms with van der Waals surface area (Å²) in [5.74, 6) is -0.0107. The van der Waals surface area contributed by atoms with Gasteiger partial charge in [-0.15, -0.1) is 0 Å². The van der Waals surface area contributed by atoms with Crippen molar-refractivity contribution in [3.63, 3.8) is 0 Å². The Morgan fingerprint density at radius 1 is 1.23 bits per heavy atom. The zero-order valence-electron chi connectivity index (χ0n) is 12.0. The smallest absolute Gasteiger partial charge is 0.341 e. The number of halogens is 1. The Kier molecular flexibility index (Phi) is 4.24. The van der Waals surface area contributed by atoms with E-state index in [1.807, 2.05) is 17.0 Å². The van der Waals surface area contributed by atoms with Crippen LogP contribution in [0.2, 0.25) is 5.02 Å². The van der Waals surface area contributed by atoms with Crippen LogP contribution < -0.4 is 4.90 Å². The highest BCUT2D eigenvalue weighted by molar-refractivity contribution is 6.30. The second-order valence-electron chi connectivity index (χ2n) is 5.29. The van der Waals surface area contributed by atoms with Crippen LogP contribution in [0, 0.1) is 0 Å². The molecule has 1 aliphatic rings. The van der Waals surface area contributed by atoms with Gasteiger partial charge in [0.05, 0.1) is 0 Å². The Hall–Kier alpha value is -2.14. The van der Waals surface area contributed by atoms with Crippen molar-refractivity contribution in [2.75, 3.05) is 18.0 Å². The molecule has 0 spiro atoms. The van der Waals surface area contributed by atoms with Gasteiger partial charge < -0.3 is 10.0 Å². The number of carboxylic acid groups (broad SMARTS) is 1. The number of hydrogen-bond donors (Lipinski definition) is 1. The molecule has 2 aromatic rings. The molecule has 2 heterocycles. The van der Waals surface area contributed by atoms with Crippen molar-refractivity contribution in [2.45, 2.75) is 19.3 Å². The Balaban J connectivity index is 2.05. The van der Waals surface area contributed by atoms with E-state index in [-0.39, 0.29) is 5.56 Å². The molecule has 0 bridgehead atoms. The number of anilines is 1. The van der Waals surface area contributed by atoms with Crippen molar-refractivity contribution in [1.29, 1.82) is 0 Å². The van der Waals surface area contributed by atoms with Crippen LogP contribution in [0.1, 0.15) is 29.6 Å². The molecule has 0 unspecified atom stereocenters. The zero-order chi connectivity index (χ0) is 15.5. The largest absolute Gasteiger partial charge is 0.477 e. The van der Waals surface area contributed by atoms with Crippen LogP contribution >= 0.6 is 11.6 Å². The average Bonchev–Trinajstić information content (AvgIpc) is 2.55. The average molecular weight is 318 g/mol. The van der Waals surface area contributed by atoms with Crippen molar-refractivity contribution in [3.05, 3.63) is 41.0 Å². The SMILES string of the molecule is O=C(O)c1cnc(-c2cccc(Cl)c2)nc1N1CCCCC1. The van der Waals surface area contributed by atoms with Crippen molar-refractivity contribution < 1.29 is 9.90 Å². The lowest BCUT2D eigenvalue weighted by Crippen LogP contribution is -2.32. The van der Waals surface area contributed by atoms with E-state index >= 15 is 0 Å². The Bertz CT molecular complexity index is 700. The fourth-order valence-electron chi connectivity index (χ4n) is 2.64. The van der Waals surface area contributed by atoms with Crippen molar-refractivity contribution in [1.82, 2.24) is 9.97 Å². The number of nitrogens with zero attached hydrogens (tertiary/aromatic N) is 3. The van der Waals surface area contributed by atoms with Crippen LogP contribution in [0.4, 0.5) is 5.82 Å². The Morgan fingerprint density at radius 3 is 2.68 bits per heavy atom. The van der Waals surface area contributed by atoms with E-state index < -0.39 is 5.97 Å². The predicted octanol–water partition coefficient (Wildman–Crippen LogP) is 3.49. The van der Waals surface area contributed by atoms with E-state index in [0.717, 1.165) is 31.5 Å². The number of aromatic nitrogens is 2. The molecule has 1 fully saturated rings. The highest BCUT2D eigenvalue weighted by atomic mass is 35.5. The quantitative estimate of drug-likeness (QED) is 0.938. The molecule has 6 heteroatoms. The summed E-state index contributed by atoms with van der Waals surface area (Å²) >= 11 is 6.00. The summed E-state index contributed by atoms with van der Waals surface area (Å²) in [5.41, 5.74) is 0.926. The number of carbonyl (C=O) groups is 1. The molecular weight excluding hydrogens is 302 g/mol. The van der Waals surface area contributed by atoms with Crippen LogP contribution in [-0.2, 0) is 0 Å². The molecule has 114 valence electrons. The molecule has 1 saturated heterocycles. The molecule has 1 aliphatic heterocycles. The molecule has 22 heavy (non-hydrogen) atoms. The summed E-state index contributed by atoms with van der Waals surface area (Å²) in [6.45, 7) is 1.65. The highest BCUT2D eigenvalue weighted by Gasteiger charge is 2.21. The minimum Gasteiger partial charge on any atom is -0.477 e. The van der Waals surface area contributed by atoms with Gasteiger partial charge in [0.2, 0.25) is 0 Å². The van der Waals surface area contributed by atoms with Gasteiger partial charge in [0, 0.05) is 29.9 Å². The van der Waals surface area contributed by atoms with Crippen LogP contribution in [0.5, 0.6) is 0 Å². The number of aromatic carboxylic acids is 1. The van der Waals surface area contributed by atoms with Gasteiger partial charge in [-0.2, -0.15) is 0 Å². The molecule has 0 amide bonds. The van der Waals surface area contributed by atoms with Gasteiger partial charge in [0.15, 0.2) is 5.82 Å². The molecule has 3 rings (SSSR count). The van der Waals surface area contributed by atoms with Crippen molar-refractivity contribution >= 4 is 23.4 Å². The maximum absolute atomic E-state index is 11.4. The maximum Gasteiger partial charge on any atom is 0.341 e. The van der Waals surface area contributed by atoms with Crippen LogP contribution in [0.15, 0.2) is 30.5 Å². The monoisotopic (exact) mass is 317 g/mol. The summed E-state index contributed by atoms with van der Waals surface area (Å²) in [7, 11) is 0. The third-order valence-electron chi connectivity index (χ3n) is 3.74. The lowest BCUT2D eigenvalue weighted by molar-refractivity contribution is 0.0696. The molecule has 0 saturated carbocycles. The minimum absolute atomic E-state index is 0.146. The summed E-state index contributed by atoms with van der Waals surface area (Å²) in [6, 6.07) is 7.24. The number of hydrogen-bond acceptors (Lipinski definition) is 4. The normalized spacial score (nSPS) is 14.9. The van der Waals surface area contributed by atoms with E-state index in [2.05, 4.69) is 9.97 Å². The first-order valence-electron chi connectivity index (χ1n) is 7.26. The number of carboxylic acids is 1. The summed E-state index contributed by atoms with van der Waals surface area (Å²) in [6.07, 6.45) is 4.66. The second kappa shape index (κ2) is 6.32. The predicted molar refractivity (Wildman–Crippen MR) is 85.5 cm³/mol. The maximum atomic E-state index is 11.4. The number of piperidine rings is 1. The molecule has 0 radical (unpaired) electrons. The van der Waals surface area contributed by atoms with Crippen molar-refractivity contribution in [2.24, 2.45) is 0 Å². The first-order chi connectivity index (χ1) is 10.6. The van der Waals surface area contributed by atoms with Gasteiger partial charge in [0.25, 0.3) is 0 Å². The van der Waals surface area contributed by atoms with E-state index in [1.165, 1.54) is 12.6 Å². The van der Waals surface area contributed by atoms with Crippen LogP contribution in [0.25, 0.3) is 11.4 Å². The summed E-state index contributed by atoms with van der Waals surface area (Å²) in [4.78, 5) is 22.2. The lowest BCUT2D eigenvalue weighted by Gasteiger charge is -2.28. The topological polar surface area (TPSA) is 66.3 Å². The van der Waals surface area contributed by atoms with Crippen LogP contribution in [-0.4, -0.2) is 34.1 Å². The molecular formula is C16H16ClN3O2. The van der Waals surface area contributed by atoms with Gasteiger partial charge in [-0.05, 0) is 31.4 Å². The molecule has 0 atom stereocenters. The molecule has 5 nitrogen and oxygen atoms in total. The van der Waals surface area contributed by atoms with Gasteiger partial charge in [0.1, 0.15) is 11.4 Å². The Morgan fingerprint density at radius 2 is 2.00 bits per heavy atom. The van der Waals surface area contributed by atoms with E-state index in [0.29, 0.717) is 16.7 Å². The molecule has 1 aromatic heterocycles. The Labute approximate surface area is 133 Å². The first-order valence-corrected chi connectivity index (χ1v) is 7.64. The number of rotatable bonds is 3. The van der Waals surface area contributed by atoms with Crippen molar-refractivity contribution in [3.8, 4) is 11.4 Å². The summed E-state index contributed by atoms with van der Waals surface area (Å²) < 4.78 is 0. The van der Waals surface area contributed by atoms with E-state index in [9.17, 15) is 9.90 Å². The zero-order valence-corrected chi connectivity index (χ0v) is 12.8. The third kappa shape index (κ3) is 3.04. The van der Waals surface area contributed by atoms with Gasteiger partial charge in [-0.1, -0.05) is 23.7 Å². The van der Waals surface area contributed by atoms with E-state index in [1.54, 1.807) is 12.1 Å². The fraction of sp³-hybridized carbons (Fsp3) is 0.312. The lowest BCUT2D eigenvalue weighted by atomic mass is 10.1. The molecule has 0 aliphatic carbocycles. The van der Waals surface area contributed by atoms with Gasteiger partial charge in [-0.25, -0.2) is 14.8 Å². The van der Waals surface area contributed by atoms with Gasteiger partial charge in [-0.3, -0.25) is 0 Å². The molecule has 1 aromatic carbocycles. The minimum atomic E-state index is -1.00. The summed E-state index contributed by atoms with van der Waals surface area (Å²) in [5, 5.41) is 9.97. The third-order valence-corrected chi connectivity index (χ3v) is 3.97. The molecule has 1 N–H and O–H groups in total. The van der Waals surface area contributed by atoms with E-state index in [4.69, 9.17) is 11.6 Å². The standard InChI is InChI=1S/C16H16ClN3O2/c17-12-6-4-5-11(9-12)14-18-10-13(16(21)22)15(19-14)20-7-2-1-3-8-20/h4-6,9-10H,1-3,7-8H2,(H,21,22). The number of benzene rings is 1. The van der Waals surface area contributed by atoms with Gasteiger partial charge >= 0.3 is 5.97 Å².